The summed E-state index contributed by atoms with van der Waals surface area (Å²) in [6, 6.07) is 3.90. The highest BCUT2D eigenvalue weighted by molar-refractivity contribution is 7.91. The van der Waals surface area contributed by atoms with Gasteiger partial charge < -0.3 is 9.80 Å². The number of nitrogens with zero attached hydrogens (tertiary/aromatic N) is 3. The molecule has 1 N–H and O–H groups in total. The van der Waals surface area contributed by atoms with Crippen molar-refractivity contribution in [2.45, 2.75) is 35.9 Å². The van der Waals surface area contributed by atoms with E-state index in [1.165, 1.54) is 11.0 Å². The van der Waals surface area contributed by atoms with E-state index < -0.39 is 16.1 Å². The summed E-state index contributed by atoms with van der Waals surface area (Å²) < 4.78 is 29.0. The summed E-state index contributed by atoms with van der Waals surface area (Å²) in [5, 5.41) is 0.285. The standard InChI is InChI=1S/C18H21ClN4O4S2/c19-15-6-5-14-13(20-15)10-17(28-14)29(26,27)21-12-4-3-9-23(18(12)25)11-16(24)22-7-1-2-8-22/h5-6,10,12,21H,1-4,7-9,11H2/t12-/m0/s1. The quantitative estimate of drug-likeness (QED) is 0.692. The fraction of sp³-hybridized carbons (Fsp3) is 0.500. The predicted octanol–water partition coefficient (Wildman–Crippen LogP) is 1.84. The molecule has 4 rings (SSSR count). The summed E-state index contributed by atoms with van der Waals surface area (Å²) in [5.74, 6) is -0.429. The molecule has 29 heavy (non-hydrogen) atoms. The van der Waals surface area contributed by atoms with Gasteiger partial charge in [0, 0.05) is 19.6 Å². The molecular formula is C18H21ClN4O4S2. The largest absolute Gasteiger partial charge is 0.341 e. The molecular weight excluding hydrogens is 436 g/mol. The first kappa shape index (κ1) is 20.5. The second kappa shape index (κ2) is 8.17. The summed E-state index contributed by atoms with van der Waals surface area (Å²) in [7, 11) is -3.89. The number of thiophene rings is 1. The number of halogens is 1. The minimum atomic E-state index is -3.89. The predicted molar refractivity (Wildman–Crippen MR) is 110 cm³/mol. The van der Waals surface area contributed by atoms with Crippen LogP contribution in [0.1, 0.15) is 25.7 Å². The second-order valence-electron chi connectivity index (χ2n) is 7.25. The van der Waals surface area contributed by atoms with Crippen molar-refractivity contribution in [3.63, 3.8) is 0 Å². The maximum atomic E-state index is 12.8. The topological polar surface area (TPSA) is 99.7 Å². The molecule has 2 aliphatic heterocycles. The van der Waals surface area contributed by atoms with Gasteiger partial charge in [-0.15, -0.1) is 11.3 Å². The van der Waals surface area contributed by atoms with Crippen LogP contribution in [0.3, 0.4) is 0 Å². The molecule has 8 nitrogen and oxygen atoms in total. The lowest BCUT2D eigenvalue weighted by Crippen LogP contribution is -2.54. The number of hydrogen-bond acceptors (Lipinski definition) is 6. The number of piperidine rings is 1. The van der Waals surface area contributed by atoms with Gasteiger partial charge in [-0.3, -0.25) is 9.59 Å². The van der Waals surface area contributed by atoms with E-state index in [0.29, 0.717) is 29.6 Å². The molecule has 4 heterocycles. The van der Waals surface area contributed by atoms with E-state index in [0.717, 1.165) is 37.3 Å². The molecule has 2 amide bonds. The fourth-order valence-corrected chi connectivity index (χ4v) is 6.41. The Labute approximate surface area is 177 Å². The molecule has 0 radical (unpaired) electrons. The summed E-state index contributed by atoms with van der Waals surface area (Å²) in [5.41, 5.74) is 0.496. The number of nitrogens with one attached hydrogen (secondary N) is 1. The highest BCUT2D eigenvalue weighted by atomic mass is 35.5. The summed E-state index contributed by atoms with van der Waals surface area (Å²) in [6.45, 7) is 1.91. The average Bonchev–Trinajstić information content (AvgIpc) is 3.34. The molecule has 0 unspecified atom stereocenters. The number of hydrogen-bond donors (Lipinski definition) is 1. The lowest BCUT2D eigenvalue weighted by Gasteiger charge is -2.32. The average molecular weight is 457 g/mol. The Morgan fingerprint density at radius 1 is 1.24 bits per heavy atom. The van der Waals surface area contributed by atoms with Crippen LogP contribution < -0.4 is 4.72 Å². The van der Waals surface area contributed by atoms with Crippen LogP contribution in [0.2, 0.25) is 5.15 Å². The lowest BCUT2D eigenvalue weighted by atomic mass is 10.1. The van der Waals surface area contributed by atoms with Crippen LogP contribution in [0.5, 0.6) is 0 Å². The van der Waals surface area contributed by atoms with Crippen molar-refractivity contribution in [1.29, 1.82) is 0 Å². The zero-order valence-electron chi connectivity index (χ0n) is 15.6. The van der Waals surface area contributed by atoms with Crippen molar-refractivity contribution in [2.75, 3.05) is 26.2 Å². The second-order valence-corrected chi connectivity index (χ2v) is 10.7. The van der Waals surface area contributed by atoms with E-state index in [1.807, 2.05) is 0 Å². The van der Waals surface area contributed by atoms with E-state index in [1.54, 1.807) is 17.0 Å². The maximum Gasteiger partial charge on any atom is 0.250 e. The Morgan fingerprint density at radius 3 is 2.76 bits per heavy atom. The van der Waals surface area contributed by atoms with E-state index >= 15 is 0 Å². The summed E-state index contributed by atoms with van der Waals surface area (Å²) in [6.07, 6.45) is 3.01. The number of likely N-dealkylation sites (tertiary alicyclic amines) is 2. The van der Waals surface area contributed by atoms with Gasteiger partial charge in [-0.25, -0.2) is 13.4 Å². The number of amides is 2. The maximum absolute atomic E-state index is 12.8. The van der Waals surface area contributed by atoms with Crippen molar-refractivity contribution >= 4 is 55.0 Å². The molecule has 2 aliphatic rings. The normalized spacial score (nSPS) is 20.6. The zero-order valence-corrected chi connectivity index (χ0v) is 18.0. The first-order valence-electron chi connectivity index (χ1n) is 9.48. The molecule has 0 spiro atoms. The molecule has 1 atom stereocenters. The monoisotopic (exact) mass is 456 g/mol. The van der Waals surface area contributed by atoms with Crippen LogP contribution in [0, 0.1) is 0 Å². The molecule has 0 saturated carbocycles. The molecule has 0 aromatic carbocycles. The highest BCUT2D eigenvalue weighted by Gasteiger charge is 2.34. The van der Waals surface area contributed by atoms with Gasteiger partial charge in [-0.2, -0.15) is 4.72 Å². The smallest absolute Gasteiger partial charge is 0.250 e. The first-order valence-corrected chi connectivity index (χ1v) is 12.2. The van der Waals surface area contributed by atoms with Crippen LogP contribution >= 0.6 is 22.9 Å². The summed E-state index contributed by atoms with van der Waals surface area (Å²) in [4.78, 5) is 32.5. The van der Waals surface area contributed by atoms with Crippen LogP contribution in [-0.4, -0.2) is 67.2 Å². The van der Waals surface area contributed by atoms with Gasteiger partial charge in [0.1, 0.15) is 15.4 Å². The van der Waals surface area contributed by atoms with Gasteiger partial charge in [0.25, 0.3) is 10.0 Å². The van der Waals surface area contributed by atoms with Crippen molar-refractivity contribution in [2.24, 2.45) is 0 Å². The van der Waals surface area contributed by atoms with Crippen LogP contribution in [-0.2, 0) is 19.6 Å². The van der Waals surface area contributed by atoms with E-state index in [4.69, 9.17) is 11.6 Å². The lowest BCUT2D eigenvalue weighted by molar-refractivity contribution is -0.142. The Morgan fingerprint density at radius 2 is 2.00 bits per heavy atom. The molecule has 0 aliphatic carbocycles. The van der Waals surface area contributed by atoms with Crippen LogP contribution in [0.4, 0.5) is 0 Å². The molecule has 2 fully saturated rings. The summed E-state index contributed by atoms with van der Waals surface area (Å²) >= 11 is 6.94. The van der Waals surface area contributed by atoms with Crippen molar-refractivity contribution in [1.82, 2.24) is 19.5 Å². The number of fused-ring (bicyclic) bond motifs is 1. The zero-order chi connectivity index (χ0) is 20.6. The third-order valence-electron chi connectivity index (χ3n) is 5.19. The minimum Gasteiger partial charge on any atom is -0.341 e. The molecule has 2 saturated heterocycles. The molecule has 2 aromatic rings. The van der Waals surface area contributed by atoms with Crippen molar-refractivity contribution in [3.8, 4) is 0 Å². The first-order chi connectivity index (χ1) is 13.8. The number of carbonyl (C=O) groups excluding carboxylic acids is 2. The fourth-order valence-electron chi connectivity index (χ4n) is 3.69. The number of pyridine rings is 1. The van der Waals surface area contributed by atoms with Gasteiger partial charge in [-0.1, -0.05) is 11.6 Å². The van der Waals surface area contributed by atoms with E-state index in [-0.39, 0.29) is 27.7 Å². The van der Waals surface area contributed by atoms with Gasteiger partial charge >= 0.3 is 0 Å². The van der Waals surface area contributed by atoms with Crippen molar-refractivity contribution in [3.05, 3.63) is 23.4 Å². The number of rotatable bonds is 5. The Balaban J connectivity index is 1.46. The van der Waals surface area contributed by atoms with Gasteiger partial charge in [-0.05, 0) is 43.9 Å². The van der Waals surface area contributed by atoms with Gasteiger partial charge in [0.05, 0.1) is 16.8 Å². The highest BCUT2D eigenvalue weighted by Crippen LogP contribution is 2.29. The molecule has 2 aromatic heterocycles. The minimum absolute atomic E-state index is 0.00235. The Hall–Kier alpha value is -1.75. The van der Waals surface area contributed by atoms with E-state index in [2.05, 4.69) is 9.71 Å². The molecule has 156 valence electrons. The Bertz CT molecular complexity index is 1050. The van der Waals surface area contributed by atoms with Crippen LogP contribution in [0.15, 0.2) is 22.4 Å². The Kier molecular flexibility index (Phi) is 5.78. The SMILES string of the molecule is O=C(CN1CCC[C@H](NS(=O)(=O)c2cc3nc(Cl)ccc3s2)C1=O)N1CCCC1. The van der Waals surface area contributed by atoms with Crippen LogP contribution in [0.25, 0.3) is 10.2 Å². The molecule has 11 heteroatoms. The third-order valence-corrected chi connectivity index (χ3v) is 8.44. The van der Waals surface area contributed by atoms with Crippen molar-refractivity contribution < 1.29 is 18.0 Å². The number of carbonyl (C=O) groups is 2. The van der Waals surface area contributed by atoms with Gasteiger partial charge in [0.2, 0.25) is 11.8 Å². The molecule has 0 bridgehead atoms. The van der Waals surface area contributed by atoms with Gasteiger partial charge in [0.15, 0.2) is 0 Å². The number of sulfonamides is 1. The number of aromatic nitrogens is 1. The van der Waals surface area contributed by atoms with E-state index in [9.17, 15) is 18.0 Å². The third kappa shape index (κ3) is 4.40.